The summed E-state index contributed by atoms with van der Waals surface area (Å²) in [6.45, 7) is 14.6. The largest absolute Gasteiger partial charge is 0.396 e. The number of amides is 2. The lowest BCUT2D eigenvalue weighted by atomic mass is 10.1. The van der Waals surface area contributed by atoms with Crippen molar-refractivity contribution in [3.63, 3.8) is 0 Å². The van der Waals surface area contributed by atoms with Gasteiger partial charge in [-0.05, 0) is 64.5 Å². The number of carbonyl (C=O) groups is 2. The fourth-order valence-electron chi connectivity index (χ4n) is 6.04. The van der Waals surface area contributed by atoms with Gasteiger partial charge in [0, 0.05) is 39.1 Å². The van der Waals surface area contributed by atoms with Crippen LogP contribution in [0, 0.1) is 6.92 Å². The third-order valence-corrected chi connectivity index (χ3v) is 9.14. The molecule has 46 heavy (non-hydrogen) atoms. The maximum atomic E-state index is 12.0. The van der Waals surface area contributed by atoms with E-state index >= 15 is 0 Å². The minimum Gasteiger partial charge on any atom is -0.396 e. The van der Waals surface area contributed by atoms with E-state index < -0.39 is 0 Å². The summed E-state index contributed by atoms with van der Waals surface area (Å²) in [4.78, 5) is 26.8. The van der Waals surface area contributed by atoms with Gasteiger partial charge in [-0.1, -0.05) is 123 Å². The monoisotopic (exact) mass is 650 g/mol. The molecular formula is C40H77N2O4+. The van der Waals surface area contributed by atoms with E-state index in [1.165, 1.54) is 122 Å². The van der Waals surface area contributed by atoms with E-state index in [1.54, 1.807) is 11.1 Å². The second-order valence-electron chi connectivity index (χ2n) is 13.4. The molecule has 2 saturated heterocycles. The molecule has 1 N–H and O–H groups in total. The van der Waals surface area contributed by atoms with Gasteiger partial charge in [-0.2, -0.15) is 0 Å². The second-order valence-corrected chi connectivity index (χ2v) is 13.4. The average Bonchev–Trinajstić information content (AvgIpc) is 3.42. The van der Waals surface area contributed by atoms with E-state index in [9.17, 15) is 9.59 Å². The molecule has 2 fully saturated rings. The Labute approximate surface area is 286 Å². The summed E-state index contributed by atoms with van der Waals surface area (Å²) in [6, 6.07) is 0. The van der Waals surface area contributed by atoms with E-state index in [-0.39, 0.29) is 18.0 Å². The summed E-state index contributed by atoms with van der Waals surface area (Å²) in [5.41, 5.74) is 0. The molecule has 270 valence electrons. The number of aliphatic hydroxyl groups is 1. The molecular weight excluding hydrogens is 572 g/mol. The van der Waals surface area contributed by atoms with Crippen molar-refractivity contribution in [3.05, 3.63) is 19.7 Å². The van der Waals surface area contributed by atoms with Gasteiger partial charge in [0.2, 0.25) is 11.8 Å². The van der Waals surface area contributed by atoms with Crippen LogP contribution in [0.15, 0.2) is 12.8 Å². The normalized spacial score (nSPS) is 16.1. The fraction of sp³-hybridized carbons (Fsp3) is 0.875. The van der Waals surface area contributed by atoms with Gasteiger partial charge in [-0.15, -0.1) is 0 Å². The SMILES string of the molecule is C=CN1CCCCCC1=O.CCCCCCCCCCCCOC(C)N1CCCCCC1=O.[CH2+]CCCCCCCCCCCO. The van der Waals surface area contributed by atoms with Crippen LogP contribution in [0.3, 0.4) is 0 Å². The fourth-order valence-corrected chi connectivity index (χ4v) is 6.04. The quantitative estimate of drug-likeness (QED) is 0.0834. The first-order valence-corrected chi connectivity index (χ1v) is 19.7. The van der Waals surface area contributed by atoms with Crippen LogP contribution in [0.4, 0.5) is 0 Å². The van der Waals surface area contributed by atoms with E-state index in [2.05, 4.69) is 20.4 Å². The van der Waals surface area contributed by atoms with Crippen molar-refractivity contribution in [2.45, 2.75) is 200 Å². The molecule has 6 heteroatoms. The Bertz CT molecular complexity index is 676. The van der Waals surface area contributed by atoms with Crippen molar-refractivity contribution in [1.82, 2.24) is 9.80 Å². The maximum absolute atomic E-state index is 12.0. The molecule has 0 aromatic rings. The zero-order valence-corrected chi connectivity index (χ0v) is 30.8. The molecule has 6 nitrogen and oxygen atoms in total. The first-order chi connectivity index (χ1) is 22.5. The minimum atomic E-state index is -0.0424. The molecule has 2 aliphatic heterocycles. The summed E-state index contributed by atoms with van der Waals surface area (Å²) >= 11 is 0. The maximum Gasteiger partial charge on any atom is 0.226 e. The Morgan fingerprint density at radius 1 is 0.696 bits per heavy atom. The van der Waals surface area contributed by atoms with Gasteiger partial charge in [-0.25, -0.2) is 0 Å². The zero-order chi connectivity index (χ0) is 33.9. The molecule has 0 aromatic carbocycles. The van der Waals surface area contributed by atoms with Crippen LogP contribution in [0.5, 0.6) is 0 Å². The van der Waals surface area contributed by atoms with Crippen LogP contribution in [-0.4, -0.2) is 59.3 Å². The van der Waals surface area contributed by atoms with Crippen LogP contribution >= 0.6 is 0 Å². The lowest BCUT2D eigenvalue weighted by molar-refractivity contribution is -0.144. The van der Waals surface area contributed by atoms with Crippen LogP contribution < -0.4 is 0 Å². The van der Waals surface area contributed by atoms with Crippen LogP contribution in [0.1, 0.15) is 194 Å². The van der Waals surface area contributed by atoms with Crippen molar-refractivity contribution < 1.29 is 19.4 Å². The number of carbonyl (C=O) groups excluding carboxylic acids is 2. The Hall–Kier alpha value is -1.53. The summed E-state index contributed by atoms with van der Waals surface area (Å²) < 4.78 is 5.88. The predicted molar refractivity (Wildman–Crippen MR) is 196 cm³/mol. The van der Waals surface area contributed by atoms with Gasteiger partial charge in [0.1, 0.15) is 6.23 Å². The highest BCUT2D eigenvalue weighted by molar-refractivity contribution is 5.77. The van der Waals surface area contributed by atoms with Crippen LogP contribution in [0.25, 0.3) is 0 Å². The van der Waals surface area contributed by atoms with Crippen LogP contribution in [0.2, 0.25) is 0 Å². The van der Waals surface area contributed by atoms with Gasteiger partial charge >= 0.3 is 0 Å². The first kappa shape index (κ1) is 44.5. The van der Waals surface area contributed by atoms with Gasteiger partial charge in [0.05, 0.1) is 13.3 Å². The molecule has 0 aromatic heterocycles. The number of ether oxygens (including phenoxy) is 1. The van der Waals surface area contributed by atoms with E-state index in [4.69, 9.17) is 9.84 Å². The van der Waals surface area contributed by atoms with Crippen molar-refractivity contribution >= 4 is 11.8 Å². The van der Waals surface area contributed by atoms with Gasteiger partial charge < -0.3 is 19.6 Å². The number of aliphatic hydroxyl groups excluding tert-OH is 1. The number of hydrogen-bond donors (Lipinski definition) is 1. The van der Waals surface area contributed by atoms with Crippen molar-refractivity contribution in [2.24, 2.45) is 0 Å². The first-order valence-electron chi connectivity index (χ1n) is 19.7. The smallest absolute Gasteiger partial charge is 0.226 e. The molecule has 0 saturated carbocycles. The van der Waals surface area contributed by atoms with Gasteiger partial charge in [-0.3, -0.25) is 9.59 Å². The molecule has 2 amide bonds. The number of nitrogens with zero attached hydrogens (tertiary/aromatic N) is 2. The van der Waals surface area contributed by atoms with Gasteiger partial charge in [0.25, 0.3) is 0 Å². The lowest BCUT2D eigenvalue weighted by Gasteiger charge is -2.27. The molecule has 1 unspecified atom stereocenters. The number of likely N-dealkylation sites (tertiary alicyclic amines) is 2. The number of hydrogen-bond acceptors (Lipinski definition) is 4. The van der Waals surface area contributed by atoms with Crippen LogP contribution in [-0.2, 0) is 14.3 Å². The minimum absolute atomic E-state index is 0.0424. The van der Waals surface area contributed by atoms with Gasteiger partial charge in [0.15, 0.2) is 0 Å². The van der Waals surface area contributed by atoms with Crippen molar-refractivity contribution in [2.75, 3.05) is 26.3 Å². The van der Waals surface area contributed by atoms with Crippen molar-refractivity contribution in [1.29, 1.82) is 0 Å². The Morgan fingerprint density at radius 2 is 1.17 bits per heavy atom. The number of rotatable bonds is 24. The highest BCUT2D eigenvalue weighted by atomic mass is 16.5. The molecule has 2 aliphatic rings. The summed E-state index contributed by atoms with van der Waals surface area (Å²) in [6.07, 6.45) is 35.9. The standard InChI is InChI=1S/C20H39NO2.C12H25O.C8H13NO/c1-3-4-5-6-7-8-9-10-11-15-18-23-19(2)21-17-14-12-13-16-20(21)22;1-2-3-4-5-6-7-8-9-10-11-12-13;1-2-9-7-5-3-4-6-8(9)10/h19H,3-18H2,1-2H3;13H,1-12H2;2H,1,3-7H2/q;+1;. The summed E-state index contributed by atoms with van der Waals surface area (Å²) in [5.74, 6) is 0.505. The summed E-state index contributed by atoms with van der Waals surface area (Å²) in [7, 11) is 0. The summed E-state index contributed by atoms with van der Waals surface area (Å²) in [5, 5.41) is 8.56. The molecule has 2 heterocycles. The Balaban J connectivity index is 0.000000739. The third kappa shape index (κ3) is 27.6. The Morgan fingerprint density at radius 3 is 1.70 bits per heavy atom. The topological polar surface area (TPSA) is 70.1 Å². The molecule has 0 spiro atoms. The van der Waals surface area contributed by atoms with Crippen molar-refractivity contribution in [3.8, 4) is 0 Å². The zero-order valence-electron chi connectivity index (χ0n) is 30.8. The predicted octanol–water partition coefficient (Wildman–Crippen LogP) is 10.9. The van der Waals surface area contributed by atoms with E-state index in [0.717, 1.165) is 64.6 Å². The highest BCUT2D eigenvalue weighted by Crippen LogP contribution is 2.16. The molecule has 0 bridgehead atoms. The number of unbranched alkanes of at least 4 members (excludes halogenated alkanes) is 18. The van der Waals surface area contributed by atoms with E-state index in [1.807, 2.05) is 11.8 Å². The third-order valence-electron chi connectivity index (χ3n) is 9.14. The molecule has 0 aliphatic carbocycles. The molecule has 2 rings (SSSR count). The Kier molecular flexibility index (Phi) is 33.6. The lowest BCUT2D eigenvalue weighted by Crippen LogP contribution is -2.40. The molecule has 0 radical (unpaired) electrons. The molecule has 1 atom stereocenters. The van der Waals surface area contributed by atoms with E-state index in [0.29, 0.717) is 19.4 Å². The average molecular weight is 650 g/mol. The highest BCUT2D eigenvalue weighted by Gasteiger charge is 2.21. The second kappa shape index (κ2) is 34.8.